The topological polar surface area (TPSA) is 39.3 Å². The first kappa shape index (κ1) is 15.8. The van der Waals surface area contributed by atoms with Gasteiger partial charge in [-0.3, -0.25) is 4.79 Å². The minimum Gasteiger partial charge on any atom is -0.368 e. The fourth-order valence-corrected chi connectivity index (χ4v) is 3.63. The normalized spacial score (nSPS) is 14.9. The number of aromatic nitrogens is 1. The van der Waals surface area contributed by atoms with Crippen molar-refractivity contribution in [3.8, 4) is 0 Å². The molecule has 1 N–H and O–H groups in total. The van der Waals surface area contributed by atoms with E-state index in [1.54, 1.807) is 0 Å². The molecule has 0 aliphatic carbocycles. The number of benzene rings is 2. The Hall–Kier alpha value is -2.75. The highest BCUT2D eigenvalue weighted by molar-refractivity contribution is 5.98. The van der Waals surface area contributed by atoms with Crippen LogP contribution in [-0.2, 0) is 6.42 Å². The first-order valence-corrected chi connectivity index (χ1v) is 8.96. The highest BCUT2D eigenvalue weighted by Crippen LogP contribution is 2.23. The van der Waals surface area contributed by atoms with Crippen molar-refractivity contribution in [2.24, 2.45) is 0 Å². The van der Waals surface area contributed by atoms with Gasteiger partial charge in [-0.15, -0.1) is 0 Å². The Morgan fingerprint density at radius 1 is 1.00 bits per heavy atom. The SMILES string of the molecule is CCc1ccccc1N1CCN(C(=O)c2cc3ccccc3[nH]2)CC1. The number of nitrogens with one attached hydrogen (secondary N) is 1. The molecule has 2 heterocycles. The minimum absolute atomic E-state index is 0.0969. The number of aryl methyl sites for hydroxylation is 1. The number of para-hydroxylation sites is 2. The average Bonchev–Trinajstić information content (AvgIpc) is 3.12. The summed E-state index contributed by atoms with van der Waals surface area (Å²) in [6.07, 6.45) is 1.03. The van der Waals surface area contributed by atoms with Crippen LogP contribution in [0.15, 0.2) is 54.6 Å². The second-order valence-electron chi connectivity index (χ2n) is 6.53. The smallest absolute Gasteiger partial charge is 0.270 e. The van der Waals surface area contributed by atoms with Crippen LogP contribution in [0, 0.1) is 0 Å². The summed E-state index contributed by atoms with van der Waals surface area (Å²) in [5.74, 6) is 0.0969. The molecule has 1 saturated heterocycles. The summed E-state index contributed by atoms with van der Waals surface area (Å²) < 4.78 is 0. The minimum atomic E-state index is 0.0969. The lowest BCUT2D eigenvalue weighted by Crippen LogP contribution is -2.49. The van der Waals surface area contributed by atoms with Crippen LogP contribution in [0.1, 0.15) is 23.0 Å². The molecule has 0 atom stereocenters. The van der Waals surface area contributed by atoms with E-state index in [4.69, 9.17) is 0 Å². The first-order valence-electron chi connectivity index (χ1n) is 8.96. The molecule has 2 aromatic carbocycles. The monoisotopic (exact) mass is 333 g/mol. The number of H-pyrrole nitrogens is 1. The number of carbonyl (C=O) groups is 1. The van der Waals surface area contributed by atoms with E-state index in [2.05, 4.69) is 41.1 Å². The molecular formula is C21H23N3O. The lowest BCUT2D eigenvalue weighted by Gasteiger charge is -2.36. The van der Waals surface area contributed by atoms with E-state index in [0.29, 0.717) is 5.69 Å². The standard InChI is InChI=1S/C21H23N3O/c1-2-16-7-4-6-10-20(16)23-11-13-24(14-12-23)21(25)19-15-17-8-3-5-9-18(17)22-19/h3-10,15,22H,2,11-14H2,1H3. The van der Waals surface area contributed by atoms with E-state index in [9.17, 15) is 4.79 Å². The van der Waals surface area contributed by atoms with Gasteiger partial charge < -0.3 is 14.8 Å². The summed E-state index contributed by atoms with van der Waals surface area (Å²) >= 11 is 0. The van der Waals surface area contributed by atoms with E-state index in [1.165, 1.54) is 11.3 Å². The van der Waals surface area contributed by atoms with Crippen molar-refractivity contribution in [1.29, 1.82) is 0 Å². The van der Waals surface area contributed by atoms with E-state index < -0.39 is 0 Å². The van der Waals surface area contributed by atoms with Gasteiger partial charge in [-0.25, -0.2) is 0 Å². The second-order valence-corrected chi connectivity index (χ2v) is 6.53. The van der Waals surface area contributed by atoms with Crippen molar-refractivity contribution in [1.82, 2.24) is 9.88 Å². The van der Waals surface area contributed by atoms with Crippen molar-refractivity contribution in [2.45, 2.75) is 13.3 Å². The zero-order valence-corrected chi connectivity index (χ0v) is 14.5. The number of amides is 1. The Balaban J connectivity index is 1.47. The number of nitrogens with zero attached hydrogens (tertiary/aromatic N) is 2. The molecule has 3 aromatic rings. The van der Waals surface area contributed by atoms with Crippen LogP contribution in [0.3, 0.4) is 0 Å². The maximum Gasteiger partial charge on any atom is 0.270 e. The van der Waals surface area contributed by atoms with Gasteiger partial charge in [0.25, 0.3) is 5.91 Å². The Bertz CT molecular complexity index is 858. The fourth-order valence-electron chi connectivity index (χ4n) is 3.63. The molecule has 0 unspecified atom stereocenters. The second kappa shape index (κ2) is 6.63. The van der Waals surface area contributed by atoms with Gasteiger partial charge in [0.15, 0.2) is 0 Å². The van der Waals surface area contributed by atoms with Crippen molar-refractivity contribution >= 4 is 22.5 Å². The average molecular weight is 333 g/mol. The fraction of sp³-hybridized carbons (Fsp3) is 0.286. The number of piperazine rings is 1. The summed E-state index contributed by atoms with van der Waals surface area (Å²) in [6.45, 7) is 5.46. The van der Waals surface area contributed by atoms with Gasteiger partial charge in [-0.2, -0.15) is 0 Å². The van der Waals surface area contributed by atoms with Gasteiger partial charge in [0.05, 0.1) is 0 Å². The van der Waals surface area contributed by atoms with E-state index >= 15 is 0 Å². The van der Waals surface area contributed by atoms with Gasteiger partial charge in [-0.1, -0.05) is 43.3 Å². The number of anilines is 1. The molecule has 1 aromatic heterocycles. The summed E-state index contributed by atoms with van der Waals surface area (Å²) in [5.41, 5.74) is 4.38. The van der Waals surface area contributed by atoms with Crippen LogP contribution < -0.4 is 4.90 Å². The predicted octanol–water partition coefficient (Wildman–Crippen LogP) is 3.69. The highest BCUT2D eigenvalue weighted by atomic mass is 16.2. The molecule has 1 aliphatic rings. The molecule has 128 valence electrons. The molecule has 1 aliphatic heterocycles. The molecular weight excluding hydrogens is 310 g/mol. The first-order chi connectivity index (χ1) is 12.3. The lowest BCUT2D eigenvalue weighted by atomic mass is 10.1. The van der Waals surface area contributed by atoms with Crippen molar-refractivity contribution in [3.05, 3.63) is 65.9 Å². The van der Waals surface area contributed by atoms with E-state index in [1.807, 2.05) is 35.2 Å². The number of carbonyl (C=O) groups excluding carboxylic acids is 1. The quantitative estimate of drug-likeness (QED) is 0.794. The molecule has 0 spiro atoms. The molecule has 0 radical (unpaired) electrons. The molecule has 0 bridgehead atoms. The Morgan fingerprint density at radius 2 is 1.72 bits per heavy atom. The van der Waals surface area contributed by atoms with Gasteiger partial charge in [0.1, 0.15) is 5.69 Å². The van der Waals surface area contributed by atoms with E-state index in [0.717, 1.165) is 43.5 Å². The van der Waals surface area contributed by atoms with Gasteiger partial charge >= 0.3 is 0 Å². The van der Waals surface area contributed by atoms with Crippen LogP contribution in [0.25, 0.3) is 10.9 Å². The third-order valence-electron chi connectivity index (χ3n) is 5.04. The van der Waals surface area contributed by atoms with Gasteiger partial charge in [0.2, 0.25) is 0 Å². The largest absolute Gasteiger partial charge is 0.368 e. The molecule has 4 rings (SSSR count). The number of fused-ring (bicyclic) bond motifs is 1. The molecule has 25 heavy (non-hydrogen) atoms. The Labute approximate surface area is 148 Å². The summed E-state index contributed by atoms with van der Waals surface area (Å²) in [6, 6.07) is 18.5. The van der Waals surface area contributed by atoms with Crippen LogP contribution in [-0.4, -0.2) is 42.0 Å². The van der Waals surface area contributed by atoms with Crippen LogP contribution >= 0.6 is 0 Å². The van der Waals surface area contributed by atoms with Crippen LogP contribution in [0.4, 0.5) is 5.69 Å². The summed E-state index contributed by atoms with van der Waals surface area (Å²) in [4.78, 5) is 20.4. The predicted molar refractivity (Wildman–Crippen MR) is 102 cm³/mol. The summed E-state index contributed by atoms with van der Waals surface area (Å²) in [5, 5.41) is 1.08. The zero-order chi connectivity index (χ0) is 17.2. The molecule has 1 amide bonds. The van der Waals surface area contributed by atoms with Gasteiger partial charge in [-0.05, 0) is 30.2 Å². The Morgan fingerprint density at radius 3 is 2.48 bits per heavy atom. The van der Waals surface area contributed by atoms with Crippen LogP contribution in [0.2, 0.25) is 0 Å². The van der Waals surface area contributed by atoms with Gasteiger partial charge in [0, 0.05) is 42.8 Å². The Kier molecular flexibility index (Phi) is 4.18. The van der Waals surface area contributed by atoms with Crippen LogP contribution in [0.5, 0.6) is 0 Å². The number of hydrogen-bond acceptors (Lipinski definition) is 2. The maximum atomic E-state index is 12.8. The highest BCUT2D eigenvalue weighted by Gasteiger charge is 2.24. The molecule has 1 fully saturated rings. The summed E-state index contributed by atoms with van der Waals surface area (Å²) in [7, 11) is 0. The van der Waals surface area contributed by atoms with Crippen molar-refractivity contribution in [3.63, 3.8) is 0 Å². The zero-order valence-electron chi connectivity index (χ0n) is 14.5. The molecule has 0 saturated carbocycles. The third kappa shape index (κ3) is 3.00. The third-order valence-corrected chi connectivity index (χ3v) is 5.04. The van der Waals surface area contributed by atoms with E-state index in [-0.39, 0.29) is 5.91 Å². The number of aromatic amines is 1. The number of rotatable bonds is 3. The molecule has 4 heteroatoms. The van der Waals surface area contributed by atoms with Crippen molar-refractivity contribution < 1.29 is 4.79 Å². The number of hydrogen-bond donors (Lipinski definition) is 1. The molecule has 4 nitrogen and oxygen atoms in total. The maximum absolute atomic E-state index is 12.8. The lowest BCUT2D eigenvalue weighted by molar-refractivity contribution is 0.0742. The van der Waals surface area contributed by atoms with Crippen molar-refractivity contribution in [2.75, 3.05) is 31.1 Å².